The molecule has 154 valence electrons. The van der Waals surface area contributed by atoms with Gasteiger partial charge in [-0.25, -0.2) is 4.99 Å². The van der Waals surface area contributed by atoms with Crippen LogP contribution in [0.5, 0.6) is 5.75 Å². The number of guanidine groups is 1. The normalized spacial score (nSPS) is 17.6. The molecule has 1 fully saturated rings. The minimum atomic E-state index is -4.33. The first-order valence-corrected chi connectivity index (χ1v) is 8.72. The Kier molecular flexibility index (Phi) is 10.2. The van der Waals surface area contributed by atoms with E-state index in [0.29, 0.717) is 12.5 Å². The van der Waals surface area contributed by atoms with Crippen molar-refractivity contribution in [2.75, 3.05) is 40.0 Å². The van der Waals surface area contributed by atoms with Crippen LogP contribution in [0, 0.1) is 5.92 Å². The number of ether oxygens (including phenoxy) is 2. The first kappa shape index (κ1) is 23.8. The highest BCUT2D eigenvalue weighted by Crippen LogP contribution is 2.20. The van der Waals surface area contributed by atoms with Crippen molar-refractivity contribution in [1.29, 1.82) is 0 Å². The number of benzene rings is 1. The number of likely N-dealkylation sites (tertiary alicyclic amines) is 1. The highest BCUT2D eigenvalue weighted by atomic mass is 127. The number of halogens is 4. The monoisotopic (exact) mass is 501 g/mol. The molecule has 1 saturated heterocycles. The van der Waals surface area contributed by atoms with E-state index in [2.05, 4.69) is 15.2 Å². The molecule has 1 unspecified atom stereocenters. The first-order chi connectivity index (χ1) is 12.4. The summed E-state index contributed by atoms with van der Waals surface area (Å²) in [5.41, 5.74) is 0.910. The molecule has 0 aromatic heterocycles. The molecule has 5 nitrogen and oxygen atoms in total. The molecule has 0 spiro atoms. The smallest absolute Gasteiger partial charge is 0.422 e. The number of nitrogens with zero attached hydrogens (tertiary/aromatic N) is 2. The average Bonchev–Trinajstić information content (AvgIpc) is 3.06. The van der Waals surface area contributed by atoms with Crippen LogP contribution >= 0.6 is 24.0 Å². The van der Waals surface area contributed by atoms with Crippen molar-refractivity contribution in [3.63, 3.8) is 0 Å². The molecule has 0 amide bonds. The first-order valence-electron chi connectivity index (χ1n) is 8.72. The lowest BCUT2D eigenvalue weighted by Crippen LogP contribution is -2.40. The standard InChI is InChI=1S/C18H26F3N3O2.HI/c1-3-22-17(24-9-8-15(11-24)12-25-2)23-10-14-4-6-16(7-5-14)26-13-18(19,20)21;/h4-7,15H,3,8-13H2,1-2H3,(H,22,23);1H. The van der Waals surface area contributed by atoms with Gasteiger partial charge in [0.15, 0.2) is 12.6 Å². The minimum Gasteiger partial charge on any atom is -0.484 e. The van der Waals surface area contributed by atoms with Gasteiger partial charge in [0, 0.05) is 32.7 Å². The molecule has 1 heterocycles. The zero-order valence-corrected chi connectivity index (χ0v) is 17.9. The van der Waals surface area contributed by atoms with Crippen molar-refractivity contribution in [3.8, 4) is 5.75 Å². The van der Waals surface area contributed by atoms with Gasteiger partial charge in [0.2, 0.25) is 0 Å². The van der Waals surface area contributed by atoms with Crippen molar-refractivity contribution >= 4 is 29.9 Å². The topological polar surface area (TPSA) is 46.1 Å². The SMILES string of the molecule is CCNC(=NCc1ccc(OCC(F)(F)F)cc1)N1CCC(COC)C1.I. The van der Waals surface area contributed by atoms with E-state index in [1.54, 1.807) is 19.2 Å². The molecule has 27 heavy (non-hydrogen) atoms. The highest BCUT2D eigenvalue weighted by Gasteiger charge is 2.28. The van der Waals surface area contributed by atoms with Crippen molar-refractivity contribution in [3.05, 3.63) is 29.8 Å². The van der Waals surface area contributed by atoms with Gasteiger partial charge in [-0.3, -0.25) is 0 Å². The van der Waals surface area contributed by atoms with E-state index in [9.17, 15) is 13.2 Å². The fraction of sp³-hybridized carbons (Fsp3) is 0.611. The summed E-state index contributed by atoms with van der Waals surface area (Å²) in [6.07, 6.45) is -3.26. The molecule has 1 aliphatic rings. The largest absolute Gasteiger partial charge is 0.484 e. The van der Waals surface area contributed by atoms with E-state index >= 15 is 0 Å². The predicted molar refractivity (Wildman–Crippen MR) is 110 cm³/mol. The number of methoxy groups -OCH3 is 1. The van der Waals surface area contributed by atoms with Gasteiger partial charge in [0.05, 0.1) is 13.2 Å². The molecule has 0 radical (unpaired) electrons. The van der Waals surface area contributed by atoms with Gasteiger partial charge in [-0.15, -0.1) is 24.0 Å². The summed E-state index contributed by atoms with van der Waals surface area (Å²) < 4.78 is 46.4. The van der Waals surface area contributed by atoms with Crippen LogP contribution < -0.4 is 10.1 Å². The molecule has 1 aromatic rings. The molecule has 0 saturated carbocycles. The molecule has 2 rings (SSSR count). The zero-order chi connectivity index (χ0) is 19.0. The number of nitrogens with one attached hydrogen (secondary N) is 1. The van der Waals surface area contributed by atoms with Gasteiger partial charge in [0.25, 0.3) is 0 Å². The second-order valence-corrected chi connectivity index (χ2v) is 6.27. The Hall–Kier alpha value is -1.23. The maximum absolute atomic E-state index is 12.2. The van der Waals surface area contributed by atoms with Gasteiger partial charge in [-0.1, -0.05) is 12.1 Å². The lowest BCUT2D eigenvalue weighted by atomic mass is 10.1. The molecule has 1 aliphatic heterocycles. The van der Waals surface area contributed by atoms with Gasteiger partial charge in [-0.2, -0.15) is 13.2 Å². The molecule has 1 aromatic carbocycles. The number of rotatable bonds is 7. The Balaban J connectivity index is 0.00000364. The van der Waals surface area contributed by atoms with Crippen LogP contribution in [0.1, 0.15) is 18.9 Å². The highest BCUT2D eigenvalue weighted by molar-refractivity contribution is 14.0. The van der Waals surface area contributed by atoms with E-state index in [1.807, 2.05) is 6.92 Å². The predicted octanol–water partition coefficient (Wildman–Crippen LogP) is 3.68. The van der Waals surface area contributed by atoms with E-state index in [0.717, 1.165) is 44.2 Å². The summed E-state index contributed by atoms with van der Waals surface area (Å²) in [5, 5.41) is 3.29. The summed E-state index contributed by atoms with van der Waals surface area (Å²) in [6.45, 7) is 4.54. The van der Waals surface area contributed by atoms with E-state index < -0.39 is 12.8 Å². The van der Waals surface area contributed by atoms with Crippen molar-refractivity contribution < 1.29 is 22.6 Å². The van der Waals surface area contributed by atoms with E-state index in [4.69, 9.17) is 9.47 Å². The van der Waals surface area contributed by atoms with Crippen LogP contribution in [-0.4, -0.2) is 57.0 Å². The fourth-order valence-electron chi connectivity index (χ4n) is 2.85. The third-order valence-corrected chi connectivity index (χ3v) is 4.06. The summed E-state index contributed by atoms with van der Waals surface area (Å²) in [4.78, 5) is 6.86. The summed E-state index contributed by atoms with van der Waals surface area (Å²) in [5.74, 6) is 1.56. The lowest BCUT2D eigenvalue weighted by Gasteiger charge is -2.21. The fourth-order valence-corrected chi connectivity index (χ4v) is 2.85. The average molecular weight is 501 g/mol. The van der Waals surface area contributed by atoms with Gasteiger partial charge in [-0.05, 0) is 31.0 Å². The van der Waals surface area contributed by atoms with Crippen molar-refractivity contribution in [2.45, 2.75) is 26.1 Å². The van der Waals surface area contributed by atoms with E-state index in [1.165, 1.54) is 12.1 Å². The van der Waals surface area contributed by atoms with Crippen LogP contribution in [0.25, 0.3) is 0 Å². The molecule has 1 atom stereocenters. The van der Waals surface area contributed by atoms with Crippen LogP contribution in [0.3, 0.4) is 0 Å². The Morgan fingerprint density at radius 2 is 2.00 bits per heavy atom. The second kappa shape index (κ2) is 11.6. The Morgan fingerprint density at radius 1 is 1.30 bits per heavy atom. The lowest BCUT2D eigenvalue weighted by molar-refractivity contribution is -0.153. The summed E-state index contributed by atoms with van der Waals surface area (Å²) in [7, 11) is 1.71. The number of aliphatic imine (C=N–C) groups is 1. The third kappa shape index (κ3) is 8.54. The second-order valence-electron chi connectivity index (χ2n) is 6.27. The Labute approximate surface area is 175 Å². The van der Waals surface area contributed by atoms with Crippen LogP contribution in [-0.2, 0) is 11.3 Å². The molecule has 0 bridgehead atoms. The molecular formula is C18H27F3IN3O2. The minimum absolute atomic E-state index is 0. The molecule has 0 aliphatic carbocycles. The maximum Gasteiger partial charge on any atom is 0.422 e. The third-order valence-electron chi connectivity index (χ3n) is 4.06. The van der Waals surface area contributed by atoms with Crippen LogP contribution in [0.2, 0.25) is 0 Å². The van der Waals surface area contributed by atoms with Crippen molar-refractivity contribution in [2.24, 2.45) is 10.9 Å². The molecular weight excluding hydrogens is 474 g/mol. The summed E-state index contributed by atoms with van der Waals surface area (Å²) in [6, 6.07) is 6.54. The van der Waals surface area contributed by atoms with Crippen LogP contribution in [0.15, 0.2) is 29.3 Å². The Bertz CT molecular complexity index is 582. The van der Waals surface area contributed by atoms with E-state index in [-0.39, 0.29) is 29.7 Å². The number of hydrogen-bond donors (Lipinski definition) is 1. The van der Waals surface area contributed by atoms with Crippen molar-refractivity contribution in [1.82, 2.24) is 10.2 Å². The maximum atomic E-state index is 12.2. The summed E-state index contributed by atoms with van der Waals surface area (Å²) >= 11 is 0. The van der Waals surface area contributed by atoms with Gasteiger partial charge < -0.3 is 19.7 Å². The number of alkyl halides is 3. The zero-order valence-electron chi connectivity index (χ0n) is 15.6. The quantitative estimate of drug-likeness (QED) is 0.352. The van der Waals surface area contributed by atoms with Crippen LogP contribution in [0.4, 0.5) is 13.2 Å². The van der Waals surface area contributed by atoms with Gasteiger partial charge >= 0.3 is 6.18 Å². The Morgan fingerprint density at radius 3 is 2.59 bits per heavy atom. The molecule has 1 N–H and O–H groups in total. The molecule has 9 heteroatoms. The number of hydrogen-bond acceptors (Lipinski definition) is 3. The van der Waals surface area contributed by atoms with Gasteiger partial charge in [0.1, 0.15) is 5.75 Å².